The van der Waals surface area contributed by atoms with E-state index < -0.39 is 0 Å². The molecule has 6 nitrogen and oxygen atoms in total. The molecule has 104 valence electrons. The molecule has 2 aromatic rings. The molecule has 0 atom stereocenters. The number of aromatic nitrogens is 2. The lowest BCUT2D eigenvalue weighted by Crippen LogP contribution is -2.24. The highest BCUT2D eigenvalue weighted by Gasteiger charge is 2.06. The molecule has 2 rings (SSSR count). The van der Waals surface area contributed by atoms with E-state index in [1.165, 1.54) is 12.4 Å². The van der Waals surface area contributed by atoms with Crippen molar-refractivity contribution < 1.29 is 4.79 Å². The van der Waals surface area contributed by atoms with E-state index in [2.05, 4.69) is 27.2 Å². The topological polar surface area (TPSA) is 90.7 Å². The summed E-state index contributed by atoms with van der Waals surface area (Å²) in [6.07, 6.45) is 4.46. The van der Waals surface area contributed by atoms with Crippen molar-refractivity contribution in [3.05, 3.63) is 60.6 Å². The Bertz CT molecular complexity index is 671. The maximum atomic E-state index is 11.6. The number of hydrogen-bond acceptors (Lipinski definition) is 5. The zero-order valence-electron chi connectivity index (χ0n) is 11.2. The minimum atomic E-state index is -0.299. The monoisotopic (exact) mass is 279 g/mol. The summed E-state index contributed by atoms with van der Waals surface area (Å²) in [6.45, 7) is 3.90. The first-order valence-corrected chi connectivity index (χ1v) is 6.21. The molecule has 1 amide bonds. The number of rotatable bonds is 5. The average Bonchev–Trinajstić information content (AvgIpc) is 2.54. The lowest BCUT2D eigenvalue weighted by Gasteiger charge is -2.06. The number of amides is 1. The molecule has 0 saturated carbocycles. The first-order chi connectivity index (χ1) is 10.2. The van der Waals surface area contributed by atoms with Gasteiger partial charge in [-0.15, -0.1) is 6.58 Å². The van der Waals surface area contributed by atoms with Gasteiger partial charge in [0.1, 0.15) is 11.5 Å². The Morgan fingerprint density at radius 1 is 1.29 bits per heavy atom. The molecular weight excluding hydrogens is 266 g/mol. The lowest BCUT2D eigenvalue weighted by molar-refractivity contribution is 0.0952. The van der Waals surface area contributed by atoms with Crippen molar-refractivity contribution in [2.75, 3.05) is 11.9 Å². The van der Waals surface area contributed by atoms with Gasteiger partial charge in [-0.25, -0.2) is 9.97 Å². The molecule has 0 aliphatic rings. The van der Waals surface area contributed by atoms with E-state index in [0.29, 0.717) is 17.9 Å². The summed E-state index contributed by atoms with van der Waals surface area (Å²) in [7, 11) is 0. The Hall–Kier alpha value is -3.20. The van der Waals surface area contributed by atoms with Crippen molar-refractivity contribution in [1.29, 1.82) is 5.26 Å². The van der Waals surface area contributed by atoms with Crippen LogP contribution in [-0.4, -0.2) is 22.4 Å². The Kier molecular flexibility index (Phi) is 4.62. The van der Waals surface area contributed by atoms with Crippen LogP contribution in [0.3, 0.4) is 0 Å². The average molecular weight is 279 g/mol. The molecule has 0 unspecified atom stereocenters. The molecule has 2 N–H and O–H groups in total. The zero-order chi connectivity index (χ0) is 15.1. The number of carbonyl (C=O) groups excluding carboxylic acids is 1. The summed E-state index contributed by atoms with van der Waals surface area (Å²) in [4.78, 5) is 19.8. The first-order valence-electron chi connectivity index (χ1n) is 6.21. The van der Waals surface area contributed by atoms with Crippen molar-refractivity contribution in [2.24, 2.45) is 0 Å². The third-order valence-corrected chi connectivity index (χ3v) is 2.58. The van der Waals surface area contributed by atoms with Gasteiger partial charge in [-0.05, 0) is 24.3 Å². The van der Waals surface area contributed by atoms with Crippen molar-refractivity contribution in [3.8, 4) is 6.07 Å². The molecule has 0 aliphatic carbocycles. The van der Waals surface area contributed by atoms with Gasteiger partial charge in [0.15, 0.2) is 0 Å². The van der Waals surface area contributed by atoms with Crippen molar-refractivity contribution in [3.63, 3.8) is 0 Å². The van der Waals surface area contributed by atoms with Gasteiger partial charge in [0.2, 0.25) is 0 Å². The van der Waals surface area contributed by atoms with Gasteiger partial charge in [0.25, 0.3) is 5.91 Å². The van der Waals surface area contributed by atoms with Crippen LogP contribution in [0.2, 0.25) is 0 Å². The van der Waals surface area contributed by atoms with E-state index in [4.69, 9.17) is 5.26 Å². The molecule has 1 aromatic heterocycles. The molecule has 0 spiro atoms. The normalized spacial score (nSPS) is 9.48. The number of nitriles is 1. The standard InChI is InChI=1S/C15H13N5O/c1-2-7-17-15(21)13-9-19-14(10-18-13)20-12-5-3-11(8-16)4-6-12/h2-6,9-10H,1,7H2,(H,17,21)(H,19,20). The molecule has 0 fully saturated rings. The number of hydrogen-bond donors (Lipinski definition) is 2. The number of benzene rings is 1. The Labute approximate surface area is 122 Å². The van der Waals surface area contributed by atoms with Crippen molar-refractivity contribution in [2.45, 2.75) is 0 Å². The molecule has 0 saturated heterocycles. The van der Waals surface area contributed by atoms with E-state index in [9.17, 15) is 4.79 Å². The van der Waals surface area contributed by atoms with E-state index in [1.54, 1.807) is 30.3 Å². The summed E-state index contributed by atoms with van der Waals surface area (Å²) in [6, 6.07) is 8.99. The highest BCUT2D eigenvalue weighted by Crippen LogP contribution is 2.14. The fourth-order valence-corrected chi connectivity index (χ4v) is 1.54. The molecule has 6 heteroatoms. The van der Waals surface area contributed by atoms with E-state index in [0.717, 1.165) is 5.69 Å². The largest absolute Gasteiger partial charge is 0.347 e. The Morgan fingerprint density at radius 2 is 2.05 bits per heavy atom. The van der Waals surface area contributed by atoms with Crippen LogP contribution < -0.4 is 10.6 Å². The quantitative estimate of drug-likeness (QED) is 0.817. The predicted molar refractivity (Wildman–Crippen MR) is 79.0 cm³/mol. The molecule has 21 heavy (non-hydrogen) atoms. The summed E-state index contributed by atoms with van der Waals surface area (Å²) in [5.41, 5.74) is 1.61. The van der Waals surface area contributed by atoms with Crippen LogP contribution in [-0.2, 0) is 0 Å². The van der Waals surface area contributed by atoms with Crippen molar-refractivity contribution in [1.82, 2.24) is 15.3 Å². The summed E-state index contributed by atoms with van der Waals surface area (Å²) < 4.78 is 0. The second-order valence-electron chi connectivity index (χ2n) is 4.10. The fourth-order valence-electron chi connectivity index (χ4n) is 1.54. The first kappa shape index (κ1) is 14.2. The van der Waals surface area contributed by atoms with Crippen LogP contribution in [0.4, 0.5) is 11.5 Å². The zero-order valence-corrected chi connectivity index (χ0v) is 11.2. The van der Waals surface area contributed by atoms with Gasteiger partial charge in [-0.1, -0.05) is 6.08 Å². The predicted octanol–water partition coefficient (Wildman–Crippen LogP) is 2.01. The van der Waals surface area contributed by atoms with Crippen molar-refractivity contribution >= 4 is 17.4 Å². The third kappa shape index (κ3) is 3.88. The van der Waals surface area contributed by atoms with Crippen LogP contribution in [0.5, 0.6) is 0 Å². The van der Waals surface area contributed by atoms with Crippen LogP contribution in [0.1, 0.15) is 16.1 Å². The molecule has 0 aliphatic heterocycles. The smallest absolute Gasteiger partial charge is 0.271 e. The second-order valence-corrected chi connectivity index (χ2v) is 4.10. The van der Waals surface area contributed by atoms with E-state index in [-0.39, 0.29) is 11.6 Å². The van der Waals surface area contributed by atoms with Crippen LogP contribution in [0.15, 0.2) is 49.3 Å². The van der Waals surface area contributed by atoms with Crippen LogP contribution >= 0.6 is 0 Å². The van der Waals surface area contributed by atoms with Crippen LogP contribution in [0.25, 0.3) is 0 Å². The van der Waals surface area contributed by atoms with Gasteiger partial charge in [0.05, 0.1) is 24.0 Å². The minimum Gasteiger partial charge on any atom is -0.347 e. The number of anilines is 2. The fraction of sp³-hybridized carbons (Fsp3) is 0.0667. The molecular formula is C15H13N5O. The lowest BCUT2D eigenvalue weighted by atomic mass is 10.2. The number of nitrogens with one attached hydrogen (secondary N) is 2. The maximum absolute atomic E-state index is 11.6. The van der Waals surface area contributed by atoms with Gasteiger partial charge in [-0.2, -0.15) is 5.26 Å². The van der Waals surface area contributed by atoms with E-state index in [1.807, 2.05) is 6.07 Å². The SMILES string of the molecule is C=CCNC(=O)c1cnc(Nc2ccc(C#N)cc2)cn1. The second kappa shape index (κ2) is 6.82. The van der Waals surface area contributed by atoms with Gasteiger partial charge >= 0.3 is 0 Å². The molecule has 1 heterocycles. The van der Waals surface area contributed by atoms with Gasteiger partial charge in [0, 0.05) is 12.2 Å². The minimum absolute atomic E-state index is 0.238. The molecule has 0 radical (unpaired) electrons. The number of carbonyl (C=O) groups is 1. The highest BCUT2D eigenvalue weighted by atomic mass is 16.1. The summed E-state index contributed by atoms with van der Waals surface area (Å²) >= 11 is 0. The van der Waals surface area contributed by atoms with Crippen LogP contribution in [0, 0.1) is 11.3 Å². The Balaban J connectivity index is 2.03. The van der Waals surface area contributed by atoms with Gasteiger partial charge < -0.3 is 10.6 Å². The molecule has 0 bridgehead atoms. The summed E-state index contributed by atoms with van der Waals surface area (Å²) in [5.74, 6) is 0.215. The summed E-state index contributed by atoms with van der Waals surface area (Å²) in [5, 5.41) is 14.4. The third-order valence-electron chi connectivity index (χ3n) is 2.58. The maximum Gasteiger partial charge on any atom is 0.271 e. The van der Waals surface area contributed by atoms with Gasteiger partial charge in [-0.3, -0.25) is 4.79 Å². The Morgan fingerprint density at radius 3 is 2.62 bits per heavy atom. The highest BCUT2D eigenvalue weighted by molar-refractivity contribution is 5.92. The number of nitrogens with zero attached hydrogens (tertiary/aromatic N) is 3. The molecule has 1 aromatic carbocycles. The van der Waals surface area contributed by atoms with E-state index >= 15 is 0 Å².